The molecule has 2 aromatic heterocycles. The van der Waals surface area contributed by atoms with E-state index in [1.165, 1.54) is 0 Å². The fourth-order valence-corrected chi connectivity index (χ4v) is 2.29. The van der Waals surface area contributed by atoms with Gasteiger partial charge in [0.1, 0.15) is 0 Å². The van der Waals surface area contributed by atoms with Gasteiger partial charge in [0.15, 0.2) is 11.5 Å². The molecule has 0 aliphatic carbocycles. The van der Waals surface area contributed by atoms with Crippen molar-refractivity contribution < 1.29 is 0 Å². The first-order valence-electron chi connectivity index (χ1n) is 5.01. The van der Waals surface area contributed by atoms with Crippen LogP contribution >= 0.6 is 27.5 Å². The summed E-state index contributed by atoms with van der Waals surface area (Å²) in [6.45, 7) is 0. The number of benzene rings is 1. The summed E-state index contributed by atoms with van der Waals surface area (Å²) in [4.78, 5) is 4.43. The SMILES string of the molecule is Clc1cccn2nc(-c3ccccc3Br)nc12. The van der Waals surface area contributed by atoms with Crippen LogP contribution in [-0.4, -0.2) is 14.6 Å². The second-order valence-electron chi connectivity index (χ2n) is 3.54. The zero-order chi connectivity index (χ0) is 11.8. The van der Waals surface area contributed by atoms with Crippen LogP contribution in [0.15, 0.2) is 47.1 Å². The summed E-state index contributed by atoms with van der Waals surface area (Å²) >= 11 is 9.55. The average molecular weight is 309 g/mol. The Bertz CT molecular complexity index is 693. The zero-order valence-corrected chi connectivity index (χ0v) is 11.0. The van der Waals surface area contributed by atoms with Crippen molar-refractivity contribution in [2.24, 2.45) is 0 Å². The molecule has 0 saturated heterocycles. The van der Waals surface area contributed by atoms with E-state index in [0.29, 0.717) is 16.5 Å². The highest BCUT2D eigenvalue weighted by Crippen LogP contribution is 2.26. The van der Waals surface area contributed by atoms with Gasteiger partial charge in [0.25, 0.3) is 0 Å². The van der Waals surface area contributed by atoms with Crippen LogP contribution in [-0.2, 0) is 0 Å². The van der Waals surface area contributed by atoms with Crippen LogP contribution in [0.3, 0.4) is 0 Å². The van der Waals surface area contributed by atoms with E-state index in [1.54, 1.807) is 10.6 Å². The van der Waals surface area contributed by atoms with Crippen molar-refractivity contribution in [3.05, 3.63) is 52.1 Å². The van der Waals surface area contributed by atoms with Gasteiger partial charge in [-0.3, -0.25) is 0 Å². The van der Waals surface area contributed by atoms with Crippen LogP contribution in [0.2, 0.25) is 5.02 Å². The van der Waals surface area contributed by atoms with Gasteiger partial charge in [-0.2, -0.15) is 0 Å². The van der Waals surface area contributed by atoms with E-state index >= 15 is 0 Å². The summed E-state index contributed by atoms with van der Waals surface area (Å²) in [5.41, 5.74) is 1.62. The number of halogens is 2. The predicted molar refractivity (Wildman–Crippen MR) is 71.1 cm³/mol. The molecule has 3 nitrogen and oxygen atoms in total. The van der Waals surface area contributed by atoms with Crippen LogP contribution in [0.4, 0.5) is 0 Å². The van der Waals surface area contributed by atoms with E-state index in [0.717, 1.165) is 10.0 Å². The second-order valence-corrected chi connectivity index (χ2v) is 4.80. The third-order valence-electron chi connectivity index (χ3n) is 2.43. The lowest BCUT2D eigenvalue weighted by molar-refractivity contribution is 0.965. The molecule has 1 aromatic carbocycles. The van der Waals surface area contributed by atoms with Gasteiger partial charge in [-0.05, 0) is 24.3 Å². The van der Waals surface area contributed by atoms with E-state index in [1.807, 2.05) is 36.5 Å². The first-order valence-corrected chi connectivity index (χ1v) is 6.18. The lowest BCUT2D eigenvalue weighted by Crippen LogP contribution is -1.86. The maximum atomic E-state index is 6.06. The molecular formula is C12H7BrClN3. The molecule has 0 fully saturated rings. The number of pyridine rings is 1. The number of hydrogen-bond acceptors (Lipinski definition) is 2. The van der Waals surface area contributed by atoms with E-state index < -0.39 is 0 Å². The Morgan fingerprint density at radius 3 is 2.71 bits per heavy atom. The van der Waals surface area contributed by atoms with Crippen LogP contribution in [0, 0.1) is 0 Å². The molecule has 3 aromatic rings. The molecule has 0 aliphatic heterocycles. The molecule has 84 valence electrons. The molecule has 0 atom stereocenters. The summed E-state index contributed by atoms with van der Waals surface area (Å²) in [5, 5.41) is 4.99. The third-order valence-corrected chi connectivity index (χ3v) is 3.42. The van der Waals surface area contributed by atoms with Crippen molar-refractivity contribution in [2.75, 3.05) is 0 Å². The Morgan fingerprint density at radius 1 is 1.12 bits per heavy atom. The van der Waals surface area contributed by atoms with Gasteiger partial charge in [-0.1, -0.05) is 39.7 Å². The van der Waals surface area contributed by atoms with Crippen molar-refractivity contribution in [2.45, 2.75) is 0 Å². The minimum Gasteiger partial charge on any atom is -0.219 e. The standard InChI is InChI=1S/C12H7BrClN3/c13-9-5-2-1-4-8(9)11-15-12-10(14)6-3-7-17(12)16-11/h1-7H. The second kappa shape index (κ2) is 4.13. The summed E-state index contributed by atoms with van der Waals surface area (Å²) < 4.78 is 2.64. The van der Waals surface area contributed by atoms with Crippen molar-refractivity contribution in [1.82, 2.24) is 14.6 Å². The summed E-state index contributed by atoms with van der Waals surface area (Å²) in [7, 11) is 0. The number of fused-ring (bicyclic) bond motifs is 1. The third kappa shape index (κ3) is 1.83. The summed E-state index contributed by atoms with van der Waals surface area (Å²) in [5.74, 6) is 0.658. The van der Waals surface area contributed by atoms with Crippen molar-refractivity contribution in [3.8, 4) is 11.4 Å². The lowest BCUT2D eigenvalue weighted by atomic mass is 10.2. The Morgan fingerprint density at radius 2 is 1.94 bits per heavy atom. The molecular weight excluding hydrogens is 302 g/mol. The maximum Gasteiger partial charge on any atom is 0.183 e. The van der Waals surface area contributed by atoms with Gasteiger partial charge in [0.05, 0.1) is 5.02 Å². The van der Waals surface area contributed by atoms with Crippen LogP contribution in [0.5, 0.6) is 0 Å². The average Bonchev–Trinajstić information content (AvgIpc) is 2.75. The molecule has 3 rings (SSSR count). The molecule has 0 amide bonds. The molecule has 0 radical (unpaired) electrons. The first-order chi connectivity index (χ1) is 8.25. The molecule has 0 unspecified atom stereocenters. The maximum absolute atomic E-state index is 6.06. The van der Waals surface area contributed by atoms with Gasteiger partial charge in [-0.25, -0.2) is 9.50 Å². The molecule has 0 aliphatic rings. The zero-order valence-electron chi connectivity index (χ0n) is 8.64. The molecule has 0 bridgehead atoms. The highest BCUT2D eigenvalue weighted by atomic mass is 79.9. The lowest BCUT2D eigenvalue weighted by Gasteiger charge is -1.96. The Kier molecular flexibility index (Phi) is 2.61. The van der Waals surface area contributed by atoms with Crippen molar-refractivity contribution >= 4 is 33.2 Å². The highest BCUT2D eigenvalue weighted by Gasteiger charge is 2.10. The van der Waals surface area contributed by atoms with Crippen LogP contribution in [0.25, 0.3) is 17.0 Å². The number of rotatable bonds is 1. The van der Waals surface area contributed by atoms with E-state index in [4.69, 9.17) is 11.6 Å². The summed E-state index contributed by atoms with van der Waals surface area (Å²) in [6, 6.07) is 11.5. The molecule has 0 saturated carbocycles. The van der Waals surface area contributed by atoms with Gasteiger partial charge in [-0.15, -0.1) is 5.10 Å². The number of nitrogens with zero attached hydrogens (tertiary/aromatic N) is 3. The van der Waals surface area contributed by atoms with E-state index in [9.17, 15) is 0 Å². The molecule has 2 heterocycles. The predicted octanol–water partition coefficient (Wildman–Crippen LogP) is 3.81. The Labute approximate surface area is 111 Å². The minimum absolute atomic E-state index is 0.596. The fourth-order valence-electron chi connectivity index (χ4n) is 1.63. The quantitative estimate of drug-likeness (QED) is 0.684. The van der Waals surface area contributed by atoms with Crippen molar-refractivity contribution in [3.63, 3.8) is 0 Å². The highest BCUT2D eigenvalue weighted by molar-refractivity contribution is 9.10. The molecule has 0 spiro atoms. The molecule has 17 heavy (non-hydrogen) atoms. The largest absolute Gasteiger partial charge is 0.219 e. The Hall–Kier alpha value is -1.39. The monoisotopic (exact) mass is 307 g/mol. The minimum atomic E-state index is 0.596. The van der Waals surface area contributed by atoms with Crippen LogP contribution < -0.4 is 0 Å². The van der Waals surface area contributed by atoms with Gasteiger partial charge in [0, 0.05) is 16.2 Å². The van der Waals surface area contributed by atoms with Gasteiger partial charge >= 0.3 is 0 Å². The summed E-state index contributed by atoms with van der Waals surface area (Å²) in [6.07, 6.45) is 1.83. The van der Waals surface area contributed by atoms with Crippen LogP contribution in [0.1, 0.15) is 0 Å². The normalized spacial score (nSPS) is 10.9. The smallest absolute Gasteiger partial charge is 0.183 e. The first kappa shape index (κ1) is 10.7. The number of hydrogen-bond donors (Lipinski definition) is 0. The van der Waals surface area contributed by atoms with Crippen molar-refractivity contribution in [1.29, 1.82) is 0 Å². The fraction of sp³-hybridized carbons (Fsp3) is 0. The number of aromatic nitrogens is 3. The topological polar surface area (TPSA) is 30.2 Å². The molecule has 5 heteroatoms. The van der Waals surface area contributed by atoms with E-state index in [-0.39, 0.29) is 0 Å². The van der Waals surface area contributed by atoms with E-state index in [2.05, 4.69) is 26.0 Å². The van der Waals surface area contributed by atoms with Gasteiger partial charge < -0.3 is 0 Å². The van der Waals surface area contributed by atoms with Gasteiger partial charge in [0.2, 0.25) is 0 Å². The Balaban J connectivity index is 2.26. The molecule has 0 N–H and O–H groups in total.